The Morgan fingerprint density at radius 2 is 1.93 bits per heavy atom. The summed E-state index contributed by atoms with van der Waals surface area (Å²) >= 11 is 0. The van der Waals surface area contributed by atoms with Gasteiger partial charge in [0.1, 0.15) is 18.2 Å². The van der Waals surface area contributed by atoms with Gasteiger partial charge in [0.2, 0.25) is 5.88 Å². The average molecular weight is 585 g/mol. The first-order chi connectivity index (χ1) is 20.9. The van der Waals surface area contributed by atoms with Gasteiger partial charge >= 0.3 is 5.97 Å². The zero-order valence-electron chi connectivity index (χ0n) is 24.2. The molecule has 0 radical (unpaired) electrons. The third kappa shape index (κ3) is 6.35. The molecular weight excluding hydrogens is 551 g/mol. The molecule has 222 valence electrons. The van der Waals surface area contributed by atoms with E-state index < -0.39 is 5.82 Å². The van der Waals surface area contributed by atoms with Crippen molar-refractivity contribution in [3.8, 4) is 5.88 Å². The van der Waals surface area contributed by atoms with Crippen LogP contribution in [-0.2, 0) is 29.2 Å². The summed E-state index contributed by atoms with van der Waals surface area (Å²) in [5.41, 5.74) is 4.88. The molecule has 0 aliphatic carbocycles. The highest BCUT2D eigenvalue weighted by Gasteiger charge is 2.24. The van der Waals surface area contributed by atoms with Crippen LogP contribution in [0.15, 0.2) is 60.7 Å². The van der Waals surface area contributed by atoms with Crippen LogP contribution in [0.25, 0.3) is 16.6 Å². The Bertz CT molecular complexity index is 1710. The summed E-state index contributed by atoms with van der Waals surface area (Å²) in [6.07, 6.45) is 4.12. The highest BCUT2D eigenvalue weighted by molar-refractivity contribution is 5.94. The molecule has 1 fully saturated rings. The van der Waals surface area contributed by atoms with Gasteiger partial charge in [-0.2, -0.15) is 0 Å². The second-order valence-corrected chi connectivity index (χ2v) is 10.8. The number of methoxy groups -OCH3 is 1. The number of fused-ring (bicyclic) bond motifs is 1. The van der Waals surface area contributed by atoms with Gasteiger partial charge < -0.3 is 18.8 Å². The molecule has 2 aliphatic heterocycles. The monoisotopic (exact) mass is 584 g/mol. The Hall–Kier alpha value is -4.41. The van der Waals surface area contributed by atoms with Crippen molar-refractivity contribution in [3.63, 3.8) is 0 Å². The van der Waals surface area contributed by atoms with E-state index in [1.807, 2.05) is 24.3 Å². The molecule has 0 spiro atoms. The fourth-order valence-electron chi connectivity index (χ4n) is 5.37. The molecule has 0 bridgehead atoms. The Balaban J connectivity index is 1.14. The fraction of sp³-hybridized carbons (Fsp3) is 0.333. The summed E-state index contributed by atoms with van der Waals surface area (Å²) in [6.45, 7) is 5.09. The third-order valence-electron chi connectivity index (χ3n) is 7.97. The number of pyridine rings is 1. The standard InChI is InChI=1S/C33H33FN4O5/c1-21(39)23-6-7-25(27(34)16-23)20-43-32-5-3-4-28(36-32)22-10-13-37(14-11-22)19-31-35-29-9-8-24(33(40)41-2)17-30(29)38(31)18-26-12-15-42-26/h3-10,16-17,26H,11-15,18-20H2,1-2H3. The van der Waals surface area contributed by atoms with E-state index in [0.29, 0.717) is 35.7 Å². The second-order valence-electron chi connectivity index (χ2n) is 10.8. The largest absolute Gasteiger partial charge is 0.473 e. The van der Waals surface area contributed by atoms with E-state index in [0.717, 1.165) is 60.7 Å². The molecule has 2 aromatic carbocycles. The van der Waals surface area contributed by atoms with Crippen LogP contribution in [0.5, 0.6) is 5.88 Å². The van der Waals surface area contributed by atoms with E-state index in [-0.39, 0.29) is 24.5 Å². The van der Waals surface area contributed by atoms with Gasteiger partial charge in [-0.25, -0.2) is 19.2 Å². The predicted molar refractivity (Wildman–Crippen MR) is 158 cm³/mol. The number of hydrogen-bond acceptors (Lipinski definition) is 8. The lowest BCUT2D eigenvalue weighted by molar-refractivity contribution is -0.0591. The zero-order chi connectivity index (χ0) is 29.9. The second kappa shape index (κ2) is 12.4. The summed E-state index contributed by atoms with van der Waals surface area (Å²) in [6, 6.07) is 15.5. The number of benzene rings is 2. The van der Waals surface area contributed by atoms with E-state index in [2.05, 4.69) is 20.5 Å². The summed E-state index contributed by atoms with van der Waals surface area (Å²) in [5.74, 6) is 0.312. The molecule has 2 aliphatic rings. The van der Waals surface area contributed by atoms with Crippen LogP contribution in [0.1, 0.15) is 57.6 Å². The van der Waals surface area contributed by atoms with Crippen LogP contribution in [0.3, 0.4) is 0 Å². The molecule has 2 aromatic heterocycles. The first kappa shape index (κ1) is 28.7. The van der Waals surface area contributed by atoms with Crippen molar-refractivity contribution >= 4 is 28.4 Å². The van der Waals surface area contributed by atoms with Crippen molar-refractivity contribution in [1.29, 1.82) is 0 Å². The maximum atomic E-state index is 14.4. The third-order valence-corrected chi connectivity index (χ3v) is 7.97. The molecule has 0 N–H and O–H groups in total. The van der Waals surface area contributed by atoms with Gasteiger partial charge in [-0.15, -0.1) is 0 Å². The normalized spacial score (nSPS) is 16.9. The molecule has 0 amide bonds. The molecule has 10 heteroatoms. The Labute approximate surface area is 248 Å². The lowest BCUT2D eigenvalue weighted by Crippen LogP contribution is -2.33. The lowest BCUT2D eigenvalue weighted by Gasteiger charge is -2.29. The molecule has 1 unspecified atom stereocenters. The number of esters is 1. The van der Waals surface area contributed by atoms with Crippen molar-refractivity contribution in [2.24, 2.45) is 0 Å². The van der Waals surface area contributed by atoms with Crippen LogP contribution < -0.4 is 4.74 Å². The highest BCUT2D eigenvalue weighted by atomic mass is 19.1. The number of ether oxygens (including phenoxy) is 3. The Kier molecular flexibility index (Phi) is 8.31. The van der Waals surface area contributed by atoms with Gasteiger partial charge in [-0.3, -0.25) is 9.69 Å². The zero-order valence-corrected chi connectivity index (χ0v) is 24.2. The van der Waals surface area contributed by atoms with Gasteiger partial charge in [-0.05, 0) is 55.7 Å². The SMILES string of the molecule is COC(=O)c1ccc2nc(CN3CC=C(c4cccc(OCc5ccc(C(C)=O)cc5F)n4)CC3)n(CC3CCO3)c2c1. The summed E-state index contributed by atoms with van der Waals surface area (Å²) in [7, 11) is 1.38. The summed E-state index contributed by atoms with van der Waals surface area (Å²) < 4.78 is 33.0. The number of imidazole rings is 1. The Morgan fingerprint density at radius 3 is 2.63 bits per heavy atom. The van der Waals surface area contributed by atoms with Crippen molar-refractivity contribution < 1.29 is 28.2 Å². The molecule has 0 saturated carbocycles. The summed E-state index contributed by atoms with van der Waals surface area (Å²) in [4.78, 5) is 35.6. The quantitative estimate of drug-likeness (QED) is 0.185. The molecular formula is C33H33FN4O5. The van der Waals surface area contributed by atoms with E-state index in [4.69, 9.17) is 19.2 Å². The number of hydrogen-bond donors (Lipinski definition) is 0. The fourth-order valence-corrected chi connectivity index (χ4v) is 5.37. The molecule has 6 rings (SSSR count). The number of carbonyl (C=O) groups excluding carboxylic acids is 2. The molecule has 1 atom stereocenters. The maximum absolute atomic E-state index is 14.4. The molecule has 9 nitrogen and oxygen atoms in total. The first-order valence-electron chi connectivity index (χ1n) is 14.4. The topological polar surface area (TPSA) is 95.8 Å². The highest BCUT2D eigenvalue weighted by Crippen LogP contribution is 2.27. The molecule has 4 heterocycles. The summed E-state index contributed by atoms with van der Waals surface area (Å²) in [5, 5.41) is 0. The van der Waals surface area contributed by atoms with Crippen molar-refractivity contribution in [1.82, 2.24) is 19.4 Å². The molecule has 1 saturated heterocycles. The van der Waals surface area contributed by atoms with Gasteiger partial charge in [0.05, 0.1) is 48.6 Å². The number of nitrogens with zero attached hydrogens (tertiary/aromatic N) is 4. The number of aromatic nitrogens is 3. The van der Waals surface area contributed by atoms with E-state index in [1.165, 1.54) is 20.1 Å². The van der Waals surface area contributed by atoms with Gasteiger partial charge in [0, 0.05) is 36.9 Å². The van der Waals surface area contributed by atoms with Crippen LogP contribution in [0.2, 0.25) is 0 Å². The van der Waals surface area contributed by atoms with E-state index >= 15 is 0 Å². The number of rotatable bonds is 10. The van der Waals surface area contributed by atoms with Gasteiger partial charge in [0.15, 0.2) is 5.78 Å². The van der Waals surface area contributed by atoms with Crippen molar-refractivity contribution in [3.05, 3.63) is 94.7 Å². The minimum Gasteiger partial charge on any atom is -0.473 e. The number of ketones is 1. The van der Waals surface area contributed by atoms with Crippen LogP contribution in [0, 0.1) is 5.82 Å². The minimum absolute atomic E-state index is 0.0152. The number of halogens is 1. The first-order valence-corrected chi connectivity index (χ1v) is 14.4. The Morgan fingerprint density at radius 1 is 1.09 bits per heavy atom. The van der Waals surface area contributed by atoms with E-state index in [9.17, 15) is 14.0 Å². The van der Waals surface area contributed by atoms with Gasteiger partial charge in [0.25, 0.3) is 0 Å². The maximum Gasteiger partial charge on any atom is 0.337 e. The lowest BCUT2D eigenvalue weighted by atomic mass is 10.0. The van der Waals surface area contributed by atoms with Crippen LogP contribution in [0.4, 0.5) is 4.39 Å². The van der Waals surface area contributed by atoms with Crippen LogP contribution in [-0.4, -0.2) is 64.1 Å². The van der Waals surface area contributed by atoms with E-state index in [1.54, 1.807) is 24.3 Å². The average Bonchev–Trinajstić information content (AvgIpc) is 3.34. The van der Waals surface area contributed by atoms with Gasteiger partial charge in [-0.1, -0.05) is 24.3 Å². The molecule has 43 heavy (non-hydrogen) atoms. The smallest absolute Gasteiger partial charge is 0.337 e. The minimum atomic E-state index is -0.475. The van der Waals surface area contributed by atoms with Crippen molar-refractivity contribution in [2.45, 2.75) is 45.6 Å². The number of carbonyl (C=O) groups is 2. The van der Waals surface area contributed by atoms with Crippen molar-refractivity contribution in [2.75, 3.05) is 26.8 Å². The predicted octanol–water partition coefficient (Wildman–Crippen LogP) is 5.22. The number of Topliss-reactive ketones (excluding diaryl/α,β-unsaturated/α-hetero) is 1. The molecule has 4 aromatic rings. The van der Waals surface area contributed by atoms with Crippen LogP contribution >= 0.6 is 0 Å².